The summed E-state index contributed by atoms with van der Waals surface area (Å²) in [6.07, 6.45) is 6.76. The van der Waals surface area contributed by atoms with Crippen molar-refractivity contribution in [3.05, 3.63) is 58.3 Å². The van der Waals surface area contributed by atoms with Crippen molar-refractivity contribution in [3.8, 4) is 34.9 Å². The van der Waals surface area contributed by atoms with E-state index in [1.807, 2.05) is 6.92 Å². The van der Waals surface area contributed by atoms with Gasteiger partial charge >= 0.3 is 6.09 Å². The zero-order valence-corrected chi connectivity index (χ0v) is 26.2. The van der Waals surface area contributed by atoms with Crippen LogP contribution >= 0.6 is 0 Å². The number of fused-ring (bicyclic) bond motifs is 3. The quantitative estimate of drug-likeness (QED) is 0.228. The number of aromatic nitrogens is 3. The summed E-state index contributed by atoms with van der Waals surface area (Å²) < 4.78 is 27.7. The predicted molar refractivity (Wildman–Crippen MR) is 175 cm³/mol. The lowest BCUT2D eigenvalue weighted by Crippen LogP contribution is -2.55. The maximum atomic E-state index is 16.4. The maximum absolute atomic E-state index is 16.4. The van der Waals surface area contributed by atoms with Gasteiger partial charge in [0.2, 0.25) is 0 Å². The highest BCUT2D eigenvalue weighted by Crippen LogP contribution is 2.39. The summed E-state index contributed by atoms with van der Waals surface area (Å²) in [5, 5.41) is 17.9. The maximum Gasteiger partial charge on any atom is 0.408 e. The van der Waals surface area contributed by atoms with Crippen LogP contribution in [0.25, 0.3) is 32.9 Å². The normalized spacial score (nSPS) is 20.5. The zero-order chi connectivity index (χ0) is 32.6. The smallest absolute Gasteiger partial charge is 0.408 e. The molecule has 3 saturated heterocycles. The first-order valence-electron chi connectivity index (χ1n) is 16.1. The van der Waals surface area contributed by atoms with E-state index in [1.165, 1.54) is 12.3 Å². The fraction of sp³-hybridized carbons (Fsp3) is 0.429. The summed E-state index contributed by atoms with van der Waals surface area (Å²) >= 11 is 0. The molecule has 0 bridgehead atoms. The number of carbonyl (C=O) groups is 1. The molecule has 3 aliphatic heterocycles. The van der Waals surface area contributed by atoms with Crippen LogP contribution in [0.3, 0.4) is 0 Å². The number of rotatable bonds is 6. The molecule has 1 unspecified atom stereocenters. The number of alkyl carbamates (subject to hydrolysis) is 1. The van der Waals surface area contributed by atoms with Gasteiger partial charge < -0.3 is 25.2 Å². The topological polar surface area (TPSA) is 142 Å². The van der Waals surface area contributed by atoms with Gasteiger partial charge in [-0.15, -0.1) is 0 Å². The monoisotopic (exact) mass is 640 g/mol. The van der Waals surface area contributed by atoms with Gasteiger partial charge in [-0.1, -0.05) is 24.0 Å². The van der Waals surface area contributed by atoms with Crippen LogP contribution in [0.15, 0.2) is 41.3 Å². The first-order chi connectivity index (χ1) is 22.7. The molecule has 2 aromatic carbocycles. The number of hydrogen-bond donors (Lipinski definition) is 4. The van der Waals surface area contributed by atoms with E-state index < -0.39 is 17.5 Å². The second kappa shape index (κ2) is 12.5. The van der Waals surface area contributed by atoms with Crippen molar-refractivity contribution in [3.63, 3.8) is 0 Å². The van der Waals surface area contributed by atoms with Crippen LogP contribution in [0.5, 0.6) is 11.8 Å². The van der Waals surface area contributed by atoms with Gasteiger partial charge in [0, 0.05) is 29.3 Å². The molecule has 47 heavy (non-hydrogen) atoms. The summed E-state index contributed by atoms with van der Waals surface area (Å²) in [6, 6.07) is 8.21. The van der Waals surface area contributed by atoms with Crippen molar-refractivity contribution in [2.75, 3.05) is 39.4 Å². The number of aromatic amines is 1. The van der Waals surface area contributed by atoms with Crippen LogP contribution in [0.1, 0.15) is 51.0 Å². The number of benzene rings is 2. The number of phenols is 1. The third-order valence-corrected chi connectivity index (χ3v) is 9.68. The van der Waals surface area contributed by atoms with Crippen molar-refractivity contribution in [2.24, 2.45) is 0 Å². The second-order valence-electron chi connectivity index (χ2n) is 13.0. The average molecular weight is 641 g/mol. The van der Waals surface area contributed by atoms with Gasteiger partial charge in [-0.3, -0.25) is 19.7 Å². The summed E-state index contributed by atoms with van der Waals surface area (Å²) in [5.41, 5.74) is -0.498. The summed E-state index contributed by atoms with van der Waals surface area (Å²) in [6.45, 7) is 5.81. The SMILES string of the molecule is CC1(NC(=O)OCC#Cc2cccc3cc(O)cc(-c4ncc5c(=O)[nH]c(OCC67CCCN6CCC7)nc5c4F)c23)CCCNC1. The number of nitrogens with one attached hydrogen (secondary N) is 3. The van der Waals surface area contributed by atoms with Gasteiger partial charge in [0.25, 0.3) is 11.6 Å². The number of phenolic OH excluding ortho intramolecular Hbond substituents is 1. The van der Waals surface area contributed by atoms with Crippen molar-refractivity contribution in [2.45, 2.75) is 56.5 Å². The molecule has 12 heteroatoms. The Hall–Kier alpha value is -4.73. The van der Waals surface area contributed by atoms with Gasteiger partial charge in [0.05, 0.1) is 16.5 Å². The van der Waals surface area contributed by atoms with Crippen molar-refractivity contribution in [1.82, 2.24) is 30.5 Å². The molecule has 11 nitrogen and oxygen atoms in total. The molecule has 3 aliphatic rings. The van der Waals surface area contributed by atoms with Gasteiger partial charge in [0.1, 0.15) is 23.6 Å². The van der Waals surface area contributed by atoms with Gasteiger partial charge in [-0.25, -0.2) is 9.18 Å². The number of hydrogen-bond acceptors (Lipinski definition) is 9. The van der Waals surface area contributed by atoms with E-state index in [0.29, 0.717) is 29.5 Å². The van der Waals surface area contributed by atoms with Crippen molar-refractivity contribution < 1.29 is 23.8 Å². The first kappa shape index (κ1) is 30.9. The molecule has 244 valence electrons. The average Bonchev–Trinajstić information content (AvgIpc) is 3.63. The largest absolute Gasteiger partial charge is 0.508 e. The van der Waals surface area contributed by atoms with Crippen molar-refractivity contribution in [1.29, 1.82) is 0 Å². The Balaban J connectivity index is 1.18. The van der Waals surface area contributed by atoms with E-state index in [9.17, 15) is 14.7 Å². The van der Waals surface area contributed by atoms with Crippen LogP contribution < -0.4 is 20.9 Å². The Kier molecular flexibility index (Phi) is 8.20. The van der Waals surface area contributed by atoms with Gasteiger partial charge in [-0.2, -0.15) is 4.98 Å². The predicted octanol–water partition coefficient (Wildman–Crippen LogP) is 4.21. The molecule has 0 aliphatic carbocycles. The number of amides is 1. The highest BCUT2D eigenvalue weighted by atomic mass is 19.1. The molecular formula is C35H37FN6O5. The Bertz CT molecular complexity index is 1970. The Morgan fingerprint density at radius 1 is 1.19 bits per heavy atom. The Morgan fingerprint density at radius 3 is 2.81 bits per heavy atom. The summed E-state index contributed by atoms with van der Waals surface area (Å²) in [7, 11) is 0. The lowest BCUT2D eigenvalue weighted by atomic mass is 9.93. The molecule has 7 rings (SSSR count). The third kappa shape index (κ3) is 6.08. The number of carbonyl (C=O) groups excluding carboxylic acids is 1. The van der Waals surface area contributed by atoms with Crippen LogP contribution in [0.4, 0.5) is 9.18 Å². The van der Waals surface area contributed by atoms with E-state index in [1.54, 1.807) is 24.3 Å². The molecule has 0 saturated carbocycles. The molecule has 3 fully saturated rings. The second-order valence-corrected chi connectivity index (χ2v) is 13.0. The number of H-pyrrole nitrogens is 1. The molecule has 2 aromatic heterocycles. The summed E-state index contributed by atoms with van der Waals surface area (Å²) in [4.78, 5) is 39.1. The summed E-state index contributed by atoms with van der Waals surface area (Å²) in [5.74, 6) is 4.99. The number of aromatic hydroxyl groups is 1. The third-order valence-electron chi connectivity index (χ3n) is 9.68. The van der Waals surface area contributed by atoms with Crippen LogP contribution in [0.2, 0.25) is 0 Å². The standard InChI is InChI=1S/C35H37FN6O5/c1-34(10-4-13-37-20-34)41-33(45)46-16-3-9-22-7-2-8-23-17-24(43)18-25(27(22)23)29-28(36)30-26(19-38-29)31(44)40-32(39-30)47-21-35-11-5-14-42(35)15-6-12-35/h2,7-8,17-19,37,43H,4-6,10-16,20-21H2,1H3,(H,41,45)(H,39,40,44). The highest BCUT2D eigenvalue weighted by Gasteiger charge is 2.45. The van der Waals surface area contributed by atoms with E-state index in [0.717, 1.165) is 58.2 Å². The number of ether oxygens (including phenoxy) is 2. The minimum Gasteiger partial charge on any atom is -0.508 e. The van der Waals surface area contributed by atoms with Gasteiger partial charge in [-0.05, 0) is 88.7 Å². The minimum absolute atomic E-state index is 0.0158. The Labute approximate surface area is 270 Å². The molecule has 5 heterocycles. The van der Waals surface area contributed by atoms with E-state index in [4.69, 9.17) is 9.47 Å². The lowest BCUT2D eigenvalue weighted by molar-refractivity contribution is 0.107. The molecule has 0 radical (unpaired) electrons. The van der Waals surface area contributed by atoms with E-state index >= 15 is 4.39 Å². The van der Waals surface area contributed by atoms with Crippen LogP contribution in [-0.2, 0) is 4.74 Å². The lowest BCUT2D eigenvalue weighted by Gasteiger charge is -2.34. The molecule has 1 amide bonds. The molecular weight excluding hydrogens is 603 g/mol. The van der Waals surface area contributed by atoms with Crippen LogP contribution in [0, 0.1) is 17.7 Å². The number of halogens is 1. The van der Waals surface area contributed by atoms with Gasteiger partial charge in [0.15, 0.2) is 12.4 Å². The molecule has 4 N–H and O–H groups in total. The van der Waals surface area contributed by atoms with Crippen molar-refractivity contribution >= 4 is 27.8 Å². The van der Waals surface area contributed by atoms with E-state index in [2.05, 4.69) is 42.3 Å². The molecule has 4 aromatic rings. The number of pyridine rings is 1. The van der Waals surface area contributed by atoms with E-state index in [-0.39, 0.29) is 51.6 Å². The fourth-order valence-electron chi connectivity index (χ4n) is 7.35. The highest BCUT2D eigenvalue weighted by molar-refractivity contribution is 6.02. The zero-order valence-electron chi connectivity index (χ0n) is 26.2. The fourth-order valence-corrected chi connectivity index (χ4v) is 7.35. The number of nitrogens with zero attached hydrogens (tertiary/aromatic N) is 3. The first-order valence-corrected chi connectivity index (χ1v) is 16.1. The molecule has 0 spiro atoms. The number of piperidine rings is 1. The molecule has 1 atom stereocenters. The Morgan fingerprint density at radius 2 is 2.02 bits per heavy atom. The minimum atomic E-state index is -0.819. The van der Waals surface area contributed by atoms with Crippen LogP contribution in [-0.4, -0.2) is 81.5 Å².